The van der Waals surface area contributed by atoms with Crippen molar-refractivity contribution < 1.29 is 23.0 Å². The van der Waals surface area contributed by atoms with Gasteiger partial charge in [0.25, 0.3) is 5.92 Å². The standard InChI is InChI=1S/C23H26F2INO3/c1-3-23(24,25)15-5-8-17(9-6-15)30-19-11-4-14-12-16(7-10-18(14)20(19)26)22(2)13-29-21(28)27-22/h4,7,10-12,15,17H,3,5-6,8-9,13H2,1-2H3,(H,27,28). The van der Waals surface area contributed by atoms with Gasteiger partial charge in [0, 0.05) is 12.3 Å². The molecule has 1 unspecified atom stereocenters. The molecule has 1 aliphatic heterocycles. The number of alkyl halides is 2. The predicted octanol–water partition coefficient (Wildman–Crippen LogP) is 6.38. The number of nitrogens with one attached hydrogen (secondary N) is 1. The molecule has 1 saturated heterocycles. The van der Waals surface area contributed by atoms with E-state index in [1.165, 1.54) is 0 Å². The topological polar surface area (TPSA) is 47.6 Å². The first kappa shape index (κ1) is 21.6. The van der Waals surface area contributed by atoms with Gasteiger partial charge >= 0.3 is 6.09 Å². The first-order valence-electron chi connectivity index (χ1n) is 10.4. The van der Waals surface area contributed by atoms with E-state index in [4.69, 9.17) is 9.47 Å². The first-order chi connectivity index (χ1) is 14.2. The lowest BCUT2D eigenvalue weighted by molar-refractivity contribution is -0.0819. The van der Waals surface area contributed by atoms with Crippen LogP contribution in [0.5, 0.6) is 5.75 Å². The lowest BCUT2D eigenvalue weighted by Gasteiger charge is -2.33. The highest BCUT2D eigenvalue weighted by Gasteiger charge is 2.40. The maximum Gasteiger partial charge on any atom is 0.408 e. The van der Waals surface area contributed by atoms with E-state index in [1.807, 2.05) is 31.2 Å². The first-order valence-corrected chi connectivity index (χ1v) is 11.5. The van der Waals surface area contributed by atoms with Crippen molar-refractivity contribution in [3.8, 4) is 5.75 Å². The number of benzene rings is 2. The Hall–Kier alpha value is -1.64. The molecule has 30 heavy (non-hydrogen) atoms. The van der Waals surface area contributed by atoms with Crippen LogP contribution in [0.3, 0.4) is 0 Å². The molecule has 4 nitrogen and oxygen atoms in total. The number of carbonyl (C=O) groups excluding carboxylic acids is 1. The summed E-state index contributed by atoms with van der Waals surface area (Å²) in [7, 11) is 0. The molecule has 2 aromatic carbocycles. The van der Waals surface area contributed by atoms with Gasteiger partial charge in [-0.1, -0.05) is 25.1 Å². The Bertz CT molecular complexity index is 959. The van der Waals surface area contributed by atoms with E-state index >= 15 is 0 Å². The van der Waals surface area contributed by atoms with Gasteiger partial charge in [0.15, 0.2) is 0 Å². The largest absolute Gasteiger partial charge is 0.489 e. The Morgan fingerprint density at radius 3 is 2.60 bits per heavy atom. The zero-order valence-corrected chi connectivity index (χ0v) is 19.3. The minimum absolute atomic E-state index is 0.0242. The molecule has 0 bridgehead atoms. The maximum atomic E-state index is 14.0. The number of amides is 1. The number of ether oxygens (including phenoxy) is 2. The van der Waals surface area contributed by atoms with Crippen LogP contribution in [0.25, 0.3) is 10.8 Å². The van der Waals surface area contributed by atoms with Crippen LogP contribution in [0, 0.1) is 9.49 Å². The molecule has 2 aliphatic rings. The van der Waals surface area contributed by atoms with Crippen LogP contribution in [0.1, 0.15) is 51.5 Å². The molecular formula is C23H26F2INO3. The van der Waals surface area contributed by atoms with E-state index in [0.29, 0.717) is 32.3 Å². The fraction of sp³-hybridized carbons (Fsp3) is 0.522. The van der Waals surface area contributed by atoms with Crippen LogP contribution in [0.2, 0.25) is 0 Å². The Labute approximate surface area is 188 Å². The van der Waals surface area contributed by atoms with E-state index in [9.17, 15) is 13.6 Å². The molecular weight excluding hydrogens is 503 g/mol. The van der Waals surface area contributed by atoms with Gasteiger partial charge in [0.2, 0.25) is 0 Å². The van der Waals surface area contributed by atoms with Gasteiger partial charge in [-0.15, -0.1) is 0 Å². The van der Waals surface area contributed by atoms with Gasteiger partial charge in [-0.2, -0.15) is 0 Å². The number of fused-ring (bicyclic) bond motifs is 1. The summed E-state index contributed by atoms with van der Waals surface area (Å²) in [5.41, 5.74) is 0.450. The SMILES string of the molecule is CCC(F)(F)C1CCC(Oc2ccc3cc(C4(C)COC(=O)N4)ccc3c2I)CC1. The second kappa shape index (κ2) is 8.13. The number of alkyl carbamates (subject to hydrolysis) is 1. The minimum Gasteiger partial charge on any atom is -0.489 e. The third-order valence-electron chi connectivity index (χ3n) is 6.46. The Morgan fingerprint density at radius 2 is 1.97 bits per heavy atom. The fourth-order valence-corrected chi connectivity index (χ4v) is 5.24. The maximum absolute atomic E-state index is 14.0. The van der Waals surface area contributed by atoms with Gasteiger partial charge in [-0.25, -0.2) is 13.6 Å². The van der Waals surface area contributed by atoms with E-state index in [1.54, 1.807) is 6.92 Å². The van der Waals surface area contributed by atoms with Gasteiger partial charge in [0.05, 0.1) is 15.2 Å². The molecule has 1 aliphatic carbocycles. The summed E-state index contributed by atoms with van der Waals surface area (Å²) in [4.78, 5) is 11.5. The molecule has 4 rings (SSSR count). The number of halogens is 3. The monoisotopic (exact) mass is 529 g/mol. The Kier molecular flexibility index (Phi) is 5.85. The molecule has 1 saturated carbocycles. The van der Waals surface area contributed by atoms with Crippen molar-refractivity contribution in [3.05, 3.63) is 39.5 Å². The van der Waals surface area contributed by atoms with Crippen LogP contribution < -0.4 is 10.1 Å². The average molecular weight is 529 g/mol. The molecule has 0 aromatic heterocycles. The van der Waals surface area contributed by atoms with Crippen molar-refractivity contribution >= 4 is 39.5 Å². The lowest BCUT2D eigenvalue weighted by atomic mass is 9.82. The van der Waals surface area contributed by atoms with Crippen LogP contribution in [-0.4, -0.2) is 24.7 Å². The molecule has 2 aromatic rings. The molecule has 0 spiro atoms. The van der Waals surface area contributed by atoms with Crippen molar-refractivity contribution in [3.63, 3.8) is 0 Å². The van der Waals surface area contributed by atoms with Gasteiger partial charge in [0.1, 0.15) is 12.4 Å². The van der Waals surface area contributed by atoms with Crippen LogP contribution in [-0.2, 0) is 10.3 Å². The number of hydrogen-bond donors (Lipinski definition) is 1. The van der Waals surface area contributed by atoms with Crippen molar-refractivity contribution in [2.75, 3.05) is 6.61 Å². The predicted molar refractivity (Wildman–Crippen MR) is 120 cm³/mol. The highest BCUT2D eigenvalue weighted by atomic mass is 127. The van der Waals surface area contributed by atoms with Gasteiger partial charge in [-0.3, -0.25) is 0 Å². The highest BCUT2D eigenvalue weighted by Crippen LogP contribution is 2.40. The summed E-state index contributed by atoms with van der Waals surface area (Å²) in [6, 6.07) is 10.1. The normalized spacial score (nSPS) is 27.0. The molecule has 0 radical (unpaired) electrons. The molecule has 1 heterocycles. The van der Waals surface area contributed by atoms with E-state index in [2.05, 4.69) is 34.0 Å². The van der Waals surface area contributed by atoms with Crippen molar-refractivity contribution in [2.45, 2.75) is 63.5 Å². The average Bonchev–Trinajstić information content (AvgIpc) is 3.10. The summed E-state index contributed by atoms with van der Waals surface area (Å²) in [5.74, 6) is -2.30. The van der Waals surface area contributed by atoms with Gasteiger partial charge < -0.3 is 14.8 Å². The molecule has 1 amide bonds. The smallest absolute Gasteiger partial charge is 0.408 e. The molecule has 1 N–H and O–H groups in total. The van der Waals surface area contributed by atoms with Crippen molar-refractivity contribution in [1.29, 1.82) is 0 Å². The summed E-state index contributed by atoms with van der Waals surface area (Å²) in [6.45, 7) is 3.80. The van der Waals surface area contributed by atoms with Crippen LogP contribution in [0.4, 0.5) is 13.6 Å². The number of cyclic esters (lactones) is 1. The number of hydrogen-bond acceptors (Lipinski definition) is 3. The van der Waals surface area contributed by atoms with Crippen LogP contribution in [0.15, 0.2) is 30.3 Å². The van der Waals surface area contributed by atoms with Crippen molar-refractivity contribution in [1.82, 2.24) is 5.32 Å². The highest BCUT2D eigenvalue weighted by molar-refractivity contribution is 14.1. The zero-order chi connectivity index (χ0) is 21.5. The zero-order valence-electron chi connectivity index (χ0n) is 17.1. The third kappa shape index (κ3) is 4.09. The summed E-state index contributed by atoms with van der Waals surface area (Å²) in [6.07, 6.45) is 1.81. The quantitative estimate of drug-likeness (QED) is 0.458. The Balaban J connectivity index is 1.49. The molecule has 7 heteroatoms. The van der Waals surface area contributed by atoms with Gasteiger partial charge in [-0.05, 0) is 83.7 Å². The molecule has 2 fully saturated rings. The summed E-state index contributed by atoms with van der Waals surface area (Å²) < 4.78 is 40.2. The fourth-order valence-electron chi connectivity index (χ4n) is 4.44. The lowest BCUT2D eigenvalue weighted by Crippen LogP contribution is -2.37. The van der Waals surface area contributed by atoms with Crippen LogP contribution >= 0.6 is 22.6 Å². The van der Waals surface area contributed by atoms with E-state index in [0.717, 1.165) is 25.7 Å². The third-order valence-corrected chi connectivity index (χ3v) is 7.57. The van der Waals surface area contributed by atoms with E-state index in [-0.39, 0.29) is 12.5 Å². The van der Waals surface area contributed by atoms with Crippen molar-refractivity contribution in [2.24, 2.45) is 5.92 Å². The summed E-state index contributed by atoms with van der Waals surface area (Å²) in [5, 5.41) is 4.99. The minimum atomic E-state index is -2.57. The number of carbonyl (C=O) groups is 1. The second-order valence-corrected chi connectivity index (χ2v) is 9.63. The summed E-state index contributed by atoms with van der Waals surface area (Å²) >= 11 is 2.29. The second-order valence-electron chi connectivity index (χ2n) is 8.55. The Morgan fingerprint density at radius 1 is 1.23 bits per heavy atom. The molecule has 1 atom stereocenters. The molecule has 162 valence electrons. The van der Waals surface area contributed by atoms with E-state index < -0.39 is 23.5 Å². The number of rotatable bonds is 5.